The van der Waals surface area contributed by atoms with Crippen molar-refractivity contribution in [1.82, 2.24) is 14.5 Å². The summed E-state index contributed by atoms with van der Waals surface area (Å²) in [6.07, 6.45) is 6.31. The lowest BCUT2D eigenvalue weighted by atomic mass is 10.1. The van der Waals surface area contributed by atoms with Gasteiger partial charge in [0.25, 0.3) is 5.91 Å². The quantitative estimate of drug-likeness (QED) is 0.369. The molecule has 0 atom stereocenters. The van der Waals surface area contributed by atoms with Crippen molar-refractivity contribution < 1.29 is 4.79 Å². The number of anilines is 1. The summed E-state index contributed by atoms with van der Waals surface area (Å²) in [5, 5.41) is 0.743. The molecule has 2 aromatic carbocycles. The molecule has 0 saturated heterocycles. The topological polar surface area (TPSA) is 51.0 Å². The van der Waals surface area contributed by atoms with E-state index in [1.165, 1.54) is 11.1 Å². The van der Waals surface area contributed by atoms with Crippen molar-refractivity contribution in [1.29, 1.82) is 0 Å². The van der Waals surface area contributed by atoms with Crippen molar-refractivity contribution in [3.63, 3.8) is 0 Å². The second-order valence-corrected chi connectivity index (χ2v) is 8.89. The van der Waals surface area contributed by atoms with Gasteiger partial charge in [0, 0.05) is 35.5 Å². The molecule has 0 aliphatic rings. The number of carbonyl (C=O) groups excluding carboxylic acids is 1. The number of carbonyl (C=O) groups is 1. The molecule has 0 spiro atoms. The summed E-state index contributed by atoms with van der Waals surface area (Å²) in [6.45, 7) is 5.56. The maximum absolute atomic E-state index is 13.3. The van der Waals surface area contributed by atoms with Gasteiger partial charge in [0.2, 0.25) is 0 Å². The van der Waals surface area contributed by atoms with Crippen LogP contribution in [0.4, 0.5) is 5.13 Å². The Balaban J connectivity index is 1.66. The van der Waals surface area contributed by atoms with Crippen molar-refractivity contribution in [3.8, 4) is 0 Å². The van der Waals surface area contributed by atoms with E-state index in [0.29, 0.717) is 12.1 Å². The number of thiazole rings is 1. The molecule has 4 aromatic rings. The number of nitrogens with zero attached hydrogens (tertiary/aromatic N) is 4. The van der Waals surface area contributed by atoms with Crippen molar-refractivity contribution >= 4 is 48.5 Å². The molecule has 0 aliphatic heterocycles. The highest BCUT2D eigenvalue weighted by Gasteiger charge is 2.21. The average molecular weight is 469 g/mol. The molecular formula is C22H21BrN4OS. The van der Waals surface area contributed by atoms with E-state index in [9.17, 15) is 4.79 Å². The van der Waals surface area contributed by atoms with Crippen LogP contribution in [0.1, 0.15) is 27.9 Å². The van der Waals surface area contributed by atoms with Crippen LogP contribution in [0.15, 0.2) is 59.6 Å². The number of amides is 1. The number of rotatable bonds is 6. The van der Waals surface area contributed by atoms with Crippen LogP contribution in [-0.4, -0.2) is 27.0 Å². The summed E-state index contributed by atoms with van der Waals surface area (Å²) in [6, 6.07) is 11.7. The molecular weight excluding hydrogens is 448 g/mol. The zero-order chi connectivity index (χ0) is 20.4. The number of benzene rings is 2. The molecule has 5 nitrogen and oxygen atoms in total. The fraction of sp³-hybridized carbons (Fsp3) is 0.227. The molecule has 0 N–H and O–H groups in total. The minimum absolute atomic E-state index is 0.0310. The molecule has 148 valence electrons. The number of hydrogen-bond donors (Lipinski definition) is 0. The number of aryl methyl sites for hydroxylation is 3. The first-order chi connectivity index (χ1) is 14.0. The van der Waals surface area contributed by atoms with Gasteiger partial charge in [0.1, 0.15) is 0 Å². The molecule has 0 aliphatic carbocycles. The van der Waals surface area contributed by atoms with Crippen LogP contribution < -0.4 is 4.90 Å². The van der Waals surface area contributed by atoms with Crippen LogP contribution in [0, 0.1) is 13.8 Å². The minimum Gasteiger partial charge on any atom is -0.337 e. The third-order valence-electron chi connectivity index (χ3n) is 5.00. The Morgan fingerprint density at radius 3 is 2.69 bits per heavy atom. The predicted octanol–water partition coefficient (Wildman–Crippen LogP) is 5.61. The van der Waals surface area contributed by atoms with Gasteiger partial charge in [-0.1, -0.05) is 33.3 Å². The third kappa shape index (κ3) is 4.26. The smallest absolute Gasteiger partial charge is 0.260 e. The molecule has 2 aromatic heterocycles. The maximum atomic E-state index is 13.3. The van der Waals surface area contributed by atoms with Gasteiger partial charge in [-0.15, -0.1) is 0 Å². The van der Waals surface area contributed by atoms with Crippen molar-refractivity contribution in [2.75, 3.05) is 11.4 Å². The Bertz CT molecular complexity index is 1140. The monoisotopic (exact) mass is 468 g/mol. The number of imidazole rings is 1. The van der Waals surface area contributed by atoms with Gasteiger partial charge in [-0.3, -0.25) is 9.69 Å². The van der Waals surface area contributed by atoms with Crippen molar-refractivity contribution in [3.05, 3.63) is 76.3 Å². The molecule has 4 rings (SSSR count). The fourth-order valence-electron chi connectivity index (χ4n) is 3.19. The molecule has 1 amide bonds. The van der Waals surface area contributed by atoms with Crippen molar-refractivity contribution in [2.45, 2.75) is 26.8 Å². The second-order valence-electron chi connectivity index (χ2n) is 6.97. The molecule has 2 heterocycles. The summed E-state index contributed by atoms with van der Waals surface area (Å²) >= 11 is 5.00. The number of hydrogen-bond acceptors (Lipinski definition) is 4. The van der Waals surface area contributed by atoms with Gasteiger partial charge in [0.05, 0.1) is 16.5 Å². The van der Waals surface area contributed by atoms with Gasteiger partial charge < -0.3 is 4.57 Å². The van der Waals surface area contributed by atoms with Crippen LogP contribution in [0.3, 0.4) is 0 Å². The van der Waals surface area contributed by atoms with Gasteiger partial charge in [0.15, 0.2) is 5.13 Å². The van der Waals surface area contributed by atoms with E-state index in [0.717, 1.165) is 32.8 Å². The molecule has 0 saturated carbocycles. The van der Waals surface area contributed by atoms with Crippen LogP contribution >= 0.6 is 27.3 Å². The highest BCUT2D eigenvalue weighted by Crippen LogP contribution is 2.32. The summed E-state index contributed by atoms with van der Waals surface area (Å²) in [7, 11) is 0. The predicted molar refractivity (Wildman–Crippen MR) is 122 cm³/mol. The highest BCUT2D eigenvalue weighted by atomic mass is 79.9. The maximum Gasteiger partial charge on any atom is 0.260 e. The van der Waals surface area contributed by atoms with Gasteiger partial charge >= 0.3 is 0 Å². The number of halogens is 1. The Hall–Kier alpha value is -2.51. The third-order valence-corrected chi connectivity index (χ3v) is 6.57. The van der Waals surface area contributed by atoms with E-state index in [-0.39, 0.29) is 5.91 Å². The fourth-order valence-corrected chi connectivity index (χ4v) is 4.51. The first-order valence-corrected chi connectivity index (χ1v) is 11.0. The lowest BCUT2D eigenvalue weighted by Crippen LogP contribution is -2.32. The van der Waals surface area contributed by atoms with E-state index >= 15 is 0 Å². The number of fused-ring (bicyclic) bond motifs is 1. The molecule has 0 fully saturated rings. The second kappa shape index (κ2) is 8.47. The summed E-state index contributed by atoms with van der Waals surface area (Å²) in [5.74, 6) is -0.0310. The van der Waals surface area contributed by atoms with E-state index in [2.05, 4.69) is 46.9 Å². The summed E-state index contributed by atoms with van der Waals surface area (Å²) in [5.41, 5.74) is 4.01. The highest BCUT2D eigenvalue weighted by molar-refractivity contribution is 9.10. The average Bonchev–Trinajstić information content (AvgIpc) is 3.38. The lowest BCUT2D eigenvalue weighted by Gasteiger charge is -2.20. The van der Waals surface area contributed by atoms with Gasteiger partial charge in [-0.2, -0.15) is 0 Å². The standard InChI is InChI=1S/C22H21BrN4OS/c1-15-4-9-19-20(16(15)2)25-22(29-19)27(12-3-11-26-13-10-24-14-26)21(28)17-5-7-18(23)8-6-17/h4-10,13-14H,3,11-12H2,1-2H3. The Kier molecular flexibility index (Phi) is 5.78. The molecule has 7 heteroatoms. The van der Waals surface area contributed by atoms with Gasteiger partial charge in [-0.25, -0.2) is 9.97 Å². The first kappa shape index (κ1) is 19.8. The van der Waals surface area contributed by atoms with E-state index < -0.39 is 0 Å². The van der Waals surface area contributed by atoms with Gasteiger partial charge in [-0.05, 0) is 61.7 Å². The minimum atomic E-state index is -0.0310. The van der Waals surface area contributed by atoms with E-state index in [4.69, 9.17) is 4.98 Å². The largest absolute Gasteiger partial charge is 0.337 e. The lowest BCUT2D eigenvalue weighted by molar-refractivity contribution is 0.0986. The van der Waals surface area contributed by atoms with Crippen LogP contribution in [-0.2, 0) is 6.54 Å². The van der Waals surface area contributed by atoms with E-state index in [1.807, 2.05) is 35.0 Å². The summed E-state index contributed by atoms with van der Waals surface area (Å²) in [4.78, 5) is 24.1. The van der Waals surface area contributed by atoms with Crippen LogP contribution in [0.5, 0.6) is 0 Å². The Labute approximate surface area is 182 Å². The zero-order valence-corrected chi connectivity index (χ0v) is 18.7. The molecule has 0 radical (unpaired) electrons. The number of aromatic nitrogens is 3. The molecule has 0 unspecified atom stereocenters. The summed E-state index contributed by atoms with van der Waals surface area (Å²) < 4.78 is 4.08. The Morgan fingerprint density at radius 2 is 1.97 bits per heavy atom. The molecule has 29 heavy (non-hydrogen) atoms. The van der Waals surface area contributed by atoms with Crippen LogP contribution in [0.2, 0.25) is 0 Å². The normalized spacial score (nSPS) is 11.1. The van der Waals surface area contributed by atoms with Crippen LogP contribution in [0.25, 0.3) is 10.2 Å². The Morgan fingerprint density at radius 1 is 1.17 bits per heavy atom. The first-order valence-electron chi connectivity index (χ1n) is 9.43. The SMILES string of the molecule is Cc1ccc2sc(N(CCCn3ccnc3)C(=O)c3ccc(Br)cc3)nc2c1C. The van der Waals surface area contributed by atoms with Crippen molar-refractivity contribution in [2.24, 2.45) is 0 Å². The van der Waals surface area contributed by atoms with E-state index in [1.54, 1.807) is 28.8 Å². The molecule has 0 bridgehead atoms. The zero-order valence-electron chi connectivity index (χ0n) is 16.3.